The summed E-state index contributed by atoms with van der Waals surface area (Å²) in [5.41, 5.74) is 1.44. The minimum atomic E-state index is -0.497. The Labute approximate surface area is 160 Å². The van der Waals surface area contributed by atoms with Gasteiger partial charge in [-0.3, -0.25) is 19.3 Å². The SMILES string of the molecule is O=C(CN1C(=O)S/C(=C\C=C\c2ccccc2)C1=O)Nc1ccc(O)cc1. The van der Waals surface area contributed by atoms with E-state index >= 15 is 0 Å². The quantitative estimate of drug-likeness (QED) is 0.611. The number of imide groups is 1. The fraction of sp³-hybridized carbons (Fsp3) is 0.0500. The summed E-state index contributed by atoms with van der Waals surface area (Å²) in [7, 11) is 0. The number of anilines is 1. The molecule has 136 valence electrons. The summed E-state index contributed by atoms with van der Waals surface area (Å²) >= 11 is 0.801. The van der Waals surface area contributed by atoms with Gasteiger partial charge in [-0.25, -0.2) is 0 Å². The fourth-order valence-corrected chi connectivity index (χ4v) is 3.14. The molecule has 0 spiro atoms. The lowest BCUT2D eigenvalue weighted by atomic mass is 10.2. The number of hydrogen-bond donors (Lipinski definition) is 2. The maximum absolute atomic E-state index is 12.4. The summed E-state index contributed by atoms with van der Waals surface area (Å²) in [5, 5.41) is 11.3. The molecule has 27 heavy (non-hydrogen) atoms. The summed E-state index contributed by atoms with van der Waals surface area (Å²) in [6, 6.07) is 15.5. The molecule has 0 saturated carbocycles. The van der Waals surface area contributed by atoms with Crippen LogP contribution in [0.15, 0.2) is 71.7 Å². The van der Waals surface area contributed by atoms with Gasteiger partial charge in [0.15, 0.2) is 0 Å². The Morgan fingerprint density at radius 2 is 1.78 bits per heavy atom. The summed E-state index contributed by atoms with van der Waals surface area (Å²) in [6.07, 6.45) is 5.09. The number of rotatable bonds is 5. The zero-order chi connectivity index (χ0) is 19.2. The van der Waals surface area contributed by atoms with Crippen molar-refractivity contribution in [1.29, 1.82) is 0 Å². The van der Waals surface area contributed by atoms with Crippen LogP contribution in [0, 0.1) is 0 Å². The van der Waals surface area contributed by atoms with E-state index in [1.54, 1.807) is 12.2 Å². The Hall–Kier alpha value is -3.32. The largest absolute Gasteiger partial charge is 0.508 e. The third kappa shape index (κ3) is 4.86. The molecule has 2 aromatic carbocycles. The van der Waals surface area contributed by atoms with Gasteiger partial charge in [0.25, 0.3) is 11.1 Å². The van der Waals surface area contributed by atoms with E-state index in [4.69, 9.17) is 0 Å². The average Bonchev–Trinajstić information content (AvgIpc) is 2.92. The molecule has 2 N–H and O–H groups in total. The molecule has 6 nitrogen and oxygen atoms in total. The molecule has 1 fully saturated rings. The number of benzene rings is 2. The van der Waals surface area contributed by atoms with E-state index in [1.807, 2.05) is 36.4 Å². The minimum Gasteiger partial charge on any atom is -0.508 e. The van der Waals surface area contributed by atoms with Crippen molar-refractivity contribution in [3.63, 3.8) is 0 Å². The Kier molecular flexibility index (Phi) is 5.73. The van der Waals surface area contributed by atoms with Crippen molar-refractivity contribution in [2.45, 2.75) is 0 Å². The molecule has 3 rings (SSSR count). The zero-order valence-corrected chi connectivity index (χ0v) is 15.0. The number of carbonyl (C=O) groups is 3. The maximum Gasteiger partial charge on any atom is 0.294 e. The highest BCUT2D eigenvalue weighted by Gasteiger charge is 2.35. The summed E-state index contributed by atoms with van der Waals surface area (Å²) in [5.74, 6) is -0.916. The molecule has 3 amide bonds. The van der Waals surface area contributed by atoms with Gasteiger partial charge in [-0.2, -0.15) is 0 Å². The predicted molar refractivity (Wildman–Crippen MR) is 105 cm³/mol. The van der Waals surface area contributed by atoms with Gasteiger partial charge in [-0.1, -0.05) is 42.5 Å². The van der Waals surface area contributed by atoms with Crippen molar-refractivity contribution in [3.05, 3.63) is 77.2 Å². The van der Waals surface area contributed by atoms with Gasteiger partial charge in [-0.05, 0) is 47.7 Å². The van der Waals surface area contributed by atoms with E-state index in [1.165, 1.54) is 24.3 Å². The van der Waals surface area contributed by atoms with Gasteiger partial charge >= 0.3 is 0 Å². The summed E-state index contributed by atoms with van der Waals surface area (Å²) in [4.78, 5) is 37.7. The van der Waals surface area contributed by atoms with Gasteiger partial charge in [0.05, 0.1) is 4.91 Å². The van der Waals surface area contributed by atoms with Crippen LogP contribution in [-0.2, 0) is 9.59 Å². The Balaban J connectivity index is 1.61. The molecule has 0 aliphatic carbocycles. The van der Waals surface area contributed by atoms with Crippen molar-refractivity contribution in [2.75, 3.05) is 11.9 Å². The highest BCUT2D eigenvalue weighted by molar-refractivity contribution is 8.18. The molecule has 0 radical (unpaired) electrons. The van der Waals surface area contributed by atoms with Crippen LogP contribution in [0.1, 0.15) is 5.56 Å². The lowest BCUT2D eigenvalue weighted by Gasteiger charge is -2.12. The first-order valence-electron chi connectivity index (χ1n) is 8.09. The second-order valence-corrected chi connectivity index (χ2v) is 6.65. The number of hydrogen-bond acceptors (Lipinski definition) is 5. The molecule has 0 aromatic heterocycles. The molecular formula is C20H16N2O4S. The monoisotopic (exact) mass is 380 g/mol. The van der Waals surface area contributed by atoms with Crippen molar-refractivity contribution in [1.82, 2.24) is 4.90 Å². The van der Waals surface area contributed by atoms with E-state index < -0.39 is 17.1 Å². The number of thioether (sulfide) groups is 1. The van der Waals surface area contributed by atoms with Crippen LogP contribution < -0.4 is 5.32 Å². The van der Waals surface area contributed by atoms with Gasteiger partial charge in [-0.15, -0.1) is 0 Å². The van der Waals surface area contributed by atoms with Gasteiger partial charge < -0.3 is 10.4 Å². The standard InChI is InChI=1S/C20H16N2O4S/c23-16-11-9-15(10-12-16)21-18(24)13-22-19(25)17(27-20(22)26)8-4-7-14-5-2-1-3-6-14/h1-12,23H,13H2,(H,21,24)/b7-4+,17-8-. The normalized spacial score (nSPS) is 15.7. The maximum atomic E-state index is 12.4. The molecule has 0 bridgehead atoms. The van der Waals surface area contributed by atoms with Gasteiger partial charge in [0.2, 0.25) is 5.91 Å². The van der Waals surface area contributed by atoms with Gasteiger partial charge in [0.1, 0.15) is 12.3 Å². The first-order chi connectivity index (χ1) is 13.0. The number of amides is 3. The van der Waals surface area contributed by atoms with Gasteiger partial charge in [0, 0.05) is 5.69 Å². The second kappa shape index (κ2) is 8.37. The molecule has 1 aliphatic heterocycles. The van der Waals surface area contributed by atoms with E-state index in [0.717, 1.165) is 22.2 Å². The number of aromatic hydroxyl groups is 1. The number of nitrogens with zero attached hydrogens (tertiary/aromatic N) is 1. The van der Waals surface area contributed by atoms with Crippen LogP contribution in [-0.4, -0.2) is 33.6 Å². The third-order valence-electron chi connectivity index (χ3n) is 3.66. The highest BCUT2D eigenvalue weighted by atomic mass is 32.2. The van der Waals surface area contributed by atoms with Crippen molar-refractivity contribution < 1.29 is 19.5 Å². The number of allylic oxidation sites excluding steroid dienone is 2. The summed E-state index contributed by atoms with van der Waals surface area (Å²) in [6.45, 7) is -0.370. The van der Waals surface area contributed by atoms with Crippen LogP contribution >= 0.6 is 11.8 Å². The molecule has 0 unspecified atom stereocenters. The molecule has 7 heteroatoms. The fourth-order valence-electron chi connectivity index (χ4n) is 2.35. The first-order valence-corrected chi connectivity index (χ1v) is 8.90. The van der Waals surface area contributed by atoms with Crippen LogP contribution in [0.2, 0.25) is 0 Å². The molecule has 2 aromatic rings. The van der Waals surface area contributed by atoms with E-state index in [2.05, 4.69) is 5.32 Å². The number of phenolic OH excluding ortho intramolecular Hbond substituents is 1. The Morgan fingerprint density at radius 1 is 1.07 bits per heavy atom. The minimum absolute atomic E-state index is 0.0765. The topological polar surface area (TPSA) is 86.7 Å². The Morgan fingerprint density at radius 3 is 2.48 bits per heavy atom. The van der Waals surface area contributed by atoms with E-state index in [0.29, 0.717) is 5.69 Å². The first kappa shape index (κ1) is 18.5. The molecule has 1 heterocycles. The third-order valence-corrected chi connectivity index (χ3v) is 4.59. The molecule has 0 atom stereocenters. The average molecular weight is 380 g/mol. The van der Waals surface area contributed by atoms with E-state index in [-0.39, 0.29) is 17.2 Å². The number of nitrogens with one attached hydrogen (secondary N) is 1. The van der Waals surface area contributed by atoms with Crippen molar-refractivity contribution in [2.24, 2.45) is 0 Å². The second-order valence-electron chi connectivity index (χ2n) is 5.66. The smallest absolute Gasteiger partial charge is 0.294 e. The number of phenols is 1. The lowest BCUT2D eigenvalue weighted by molar-refractivity contribution is -0.127. The Bertz CT molecular complexity index is 921. The predicted octanol–water partition coefficient (Wildman–Crippen LogP) is 3.62. The summed E-state index contributed by atoms with van der Waals surface area (Å²) < 4.78 is 0. The van der Waals surface area contributed by atoms with E-state index in [9.17, 15) is 19.5 Å². The highest BCUT2D eigenvalue weighted by Crippen LogP contribution is 2.30. The number of carbonyl (C=O) groups excluding carboxylic acids is 3. The molecule has 1 aliphatic rings. The van der Waals surface area contributed by atoms with Crippen LogP contribution in [0.5, 0.6) is 5.75 Å². The van der Waals surface area contributed by atoms with Crippen LogP contribution in [0.3, 0.4) is 0 Å². The molecular weight excluding hydrogens is 364 g/mol. The van der Waals surface area contributed by atoms with Crippen molar-refractivity contribution in [3.8, 4) is 5.75 Å². The van der Waals surface area contributed by atoms with Crippen molar-refractivity contribution >= 4 is 40.6 Å². The lowest BCUT2D eigenvalue weighted by Crippen LogP contribution is -2.36. The van der Waals surface area contributed by atoms with Crippen LogP contribution in [0.25, 0.3) is 6.08 Å². The van der Waals surface area contributed by atoms with Crippen LogP contribution in [0.4, 0.5) is 10.5 Å². The molecule has 1 saturated heterocycles. The zero-order valence-electron chi connectivity index (χ0n) is 14.2.